The van der Waals surface area contributed by atoms with Crippen molar-refractivity contribution in [2.45, 2.75) is 25.4 Å². The van der Waals surface area contributed by atoms with Crippen LogP contribution in [0.2, 0.25) is 0 Å². The Hall–Kier alpha value is -0.606. The van der Waals surface area contributed by atoms with Crippen LogP contribution in [0.25, 0.3) is 10.8 Å². The Labute approximate surface area is 184 Å². The van der Waals surface area contributed by atoms with Gasteiger partial charge in [0.1, 0.15) is 0 Å². The van der Waals surface area contributed by atoms with E-state index in [-0.39, 0.29) is 52.4 Å². The molecule has 0 spiro atoms. The first-order valence-corrected chi connectivity index (χ1v) is 8.14. The second kappa shape index (κ2) is 10.1. The Bertz CT molecular complexity index is 794. The Kier molecular flexibility index (Phi) is 9.84. The van der Waals surface area contributed by atoms with Crippen molar-refractivity contribution in [3.8, 4) is 0 Å². The average molecular weight is 426 g/mol. The first-order valence-electron chi connectivity index (χ1n) is 8.14. The summed E-state index contributed by atoms with van der Waals surface area (Å²) >= 11 is 0. The average Bonchev–Trinajstić information content (AvgIpc) is 2.92. The third-order valence-electron chi connectivity index (χ3n) is 4.42. The fourth-order valence-corrected chi connectivity index (χ4v) is 3.57. The number of halogens is 2. The molecule has 0 fully saturated rings. The number of aliphatic hydroxyl groups is 1. The molecule has 0 heterocycles. The van der Waals surface area contributed by atoms with E-state index in [4.69, 9.17) is 0 Å². The number of likely N-dealkylation sites (N-methyl/N-ethyl adjacent to an activating group) is 1. The van der Waals surface area contributed by atoms with Crippen LogP contribution in [0.4, 0.5) is 0 Å². The molecular formula is C21H25Cl2NOTi. The van der Waals surface area contributed by atoms with Gasteiger partial charge >= 0.3 is 21.7 Å². The van der Waals surface area contributed by atoms with Crippen LogP contribution in [0.5, 0.6) is 0 Å². The van der Waals surface area contributed by atoms with Crippen molar-refractivity contribution in [1.29, 1.82) is 0 Å². The smallest absolute Gasteiger partial charge is 1.00 e. The van der Waals surface area contributed by atoms with Crippen LogP contribution in [-0.2, 0) is 27.3 Å². The van der Waals surface area contributed by atoms with Gasteiger partial charge in [-0.1, -0.05) is 54.6 Å². The summed E-state index contributed by atoms with van der Waals surface area (Å²) < 4.78 is 0. The molecule has 5 heteroatoms. The number of hydrogen-bond donors (Lipinski definition) is 1. The first kappa shape index (κ1) is 25.4. The van der Waals surface area contributed by atoms with Crippen molar-refractivity contribution in [3.63, 3.8) is 0 Å². The van der Waals surface area contributed by atoms with Crippen molar-refractivity contribution in [1.82, 2.24) is 4.90 Å². The Morgan fingerprint density at radius 2 is 1.69 bits per heavy atom. The van der Waals surface area contributed by atoms with Crippen LogP contribution in [0.3, 0.4) is 0 Å². The molecule has 0 aromatic heterocycles. The maximum Gasteiger partial charge on any atom is 2.00 e. The van der Waals surface area contributed by atoms with Crippen molar-refractivity contribution < 1.29 is 51.6 Å². The van der Waals surface area contributed by atoms with Crippen molar-refractivity contribution in [2.24, 2.45) is 0 Å². The van der Waals surface area contributed by atoms with Crippen LogP contribution in [0, 0.1) is 0 Å². The quantitative estimate of drug-likeness (QED) is 0.585. The second-order valence-electron chi connectivity index (χ2n) is 7.15. The van der Waals surface area contributed by atoms with Gasteiger partial charge in [0.15, 0.2) is 0 Å². The number of benzene rings is 2. The second-order valence-corrected chi connectivity index (χ2v) is 7.15. The van der Waals surface area contributed by atoms with E-state index in [9.17, 15) is 5.11 Å². The number of nitrogens with zero attached hydrogens (tertiary/aromatic N) is 1. The van der Waals surface area contributed by atoms with Gasteiger partial charge in [0.25, 0.3) is 0 Å². The minimum absolute atomic E-state index is 0. The molecule has 0 saturated heterocycles. The van der Waals surface area contributed by atoms with E-state index < -0.39 is 5.60 Å². The summed E-state index contributed by atoms with van der Waals surface area (Å²) in [4.78, 5) is 2.19. The summed E-state index contributed by atoms with van der Waals surface area (Å²) in [6, 6.07) is 12.7. The van der Waals surface area contributed by atoms with Crippen LogP contribution in [0.15, 0.2) is 60.2 Å². The van der Waals surface area contributed by atoms with Gasteiger partial charge < -0.3 is 34.8 Å². The first-order chi connectivity index (χ1) is 10.9. The van der Waals surface area contributed by atoms with E-state index in [1.54, 1.807) is 0 Å². The van der Waals surface area contributed by atoms with E-state index in [0.717, 1.165) is 17.5 Å². The van der Waals surface area contributed by atoms with Crippen molar-refractivity contribution in [3.05, 3.63) is 71.3 Å². The molecule has 26 heavy (non-hydrogen) atoms. The van der Waals surface area contributed by atoms with Crippen molar-refractivity contribution >= 4 is 10.8 Å². The zero-order chi connectivity index (χ0) is 16.6. The standard InChI is InChI=1S/C21H25NO.2ClH.Ti/c1-21(2,23)20-18-10-6-5-8-15(18)12-13-19(20)17-11-7-9-16(17)14-22(3)4;;;/h5-13,17,23H,14H2,1-4H3;2*1H;/q;;;+2/p-2. The minimum atomic E-state index is -0.879. The molecule has 1 aliphatic rings. The van der Waals surface area contributed by atoms with Gasteiger partial charge in [0.2, 0.25) is 0 Å². The largest absolute Gasteiger partial charge is 2.00 e. The minimum Gasteiger partial charge on any atom is -1.00 e. The number of rotatable bonds is 4. The molecule has 0 amide bonds. The topological polar surface area (TPSA) is 23.5 Å². The Morgan fingerprint density at radius 3 is 2.31 bits per heavy atom. The molecular weight excluding hydrogens is 401 g/mol. The summed E-state index contributed by atoms with van der Waals surface area (Å²) in [5, 5.41) is 13.2. The van der Waals surface area contributed by atoms with Gasteiger partial charge in [0, 0.05) is 12.5 Å². The number of allylic oxidation sites excluding steroid dienone is 3. The summed E-state index contributed by atoms with van der Waals surface area (Å²) in [6.07, 6.45) is 6.57. The van der Waals surface area contributed by atoms with Crippen LogP contribution in [0.1, 0.15) is 30.9 Å². The summed E-state index contributed by atoms with van der Waals surface area (Å²) in [7, 11) is 4.18. The molecule has 1 atom stereocenters. The maximum atomic E-state index is 10.8. The zero-order valence-corrected chi connectivity index (χ0v) is 18.7. The van der Waals surface area contributed by atoms with E-state index >= 15 is 0 Å². The van der Waals surface area contributed by atoms with Crippen LogP contribution >= 0.6 is 0 Å². The maximum absolute atomic E-state index is 10.8. The van der Waals surface area contributed by atoms with E-state index in [2.05, 4.69) is 61.5 Å². The van der Waals surface area contributed by atoms with Gasteiger partial charge in [-0.2, -0.15) is 0 Å². The molecule has 1 unspecified atom stereocenters. The normalized spacial score (nSPS) is 15.9. The molecule has 2 aromatic rings. The van der Waals surface area contributed by atoms with Gasteiger partial charge in [-0.25, -0.2) is 0 Å². The van der Waals surface area contributed by atoms with Gasteiger partial charge in [0.05, 0.1) is 5.60 Å². The predicted octanol–water partition coefficient (Wildman–Crippen LogP) is -1.79. The van der Waals surface area contributed by atoms with Crippen LogP contribution < -0.4 is 24.8 Å². The predicted molar refractivity (Wildman–Crippen MR) is 97.7 cm³/mol. The summed E-state index contributed by atoms with van der Waals surface area (Å²) in [5.41, 5.74) is 2.74. The van der Waals surface area contributed by atoms with Crippen LogP contribution in [-0.4, -0.2) is 30.6 Å². The van der Waals surface area contributed by atoms with Gasteiger partial charge in [-0.3, -0.25) is 0 Å². The molecule has 1 aliphatic carbocycles. The molecule has 3 rings (SSSR count). The molecule has 2 aromatic carbocycles. The third kappa shape index (κ3) is 5.22. The molecule has 0 aliphatic heterocycles. The monoisotopic (exact) mass is 425 g/mol. The van der Waals surface area contributed by atoms with Gasteiger partial charge in [-0.05, 0) is 55.4 Å². The molecule has 0 bridgehead atoms. The Balaban J connectivity index is 0.00000208. The third-order valence-corrected chi connectivity index (χ3v) is 4.42. The van der Waals surface area contributed by atoms with E-state index in [1.807, 2.05) is 26.0 Å². The fraction of sp³-hybridized carbons (Fsp3) is 0.333. The SMILES string of the molecule is CN(C)CC1=CC=CC1c1ccc2ccccc2c1C(C)(C)O.[Cl-].[Cl-].[Ti+2]. The molecule has 0 radical (unpaired) electrons. The van der Waals surface area contributed by atoms with Crippen molar-refractivity contribution in [2.75, 3.05) is 20.6 Å². The fourth-order valence-electron chi connectivity index (χ4n) is 3.57. The summed E-state index contributed by atoms with van der Waals surface area (Å²) in [5.74, 6) is 0.239. The van der Waals surface area contributed by atoms with E-state index in [0.29, 0.717) is 0 Å². The van der Waals surface area contributed by atoms with E-state index in [1.165, 1.54) is 16.5 Å². The van der Waals surface area contributed by atoms with Gasteiger partial charge in [-0.15, -0.1) is 0 Å². The summed E-state index contributed by atoms with van der Waals surface area (Å²) in [6.45, 7) is 4.69. The number of hydrogen-bond acceptors (Lipinski definition) is 2. The molecule has 138 valence electrons. The molecule has 0 saturated carbocycles. The molecule has 2 nitrogen and oxygen atoms in total. The molecule has 1 N–H and O–H groups in total. The zero-order valence-electron chi connectivity index (χ0n) is 15.6. The number of fused-ring (bicyclic) bond motifs is 1. The Morgan fingerprint density at radius 1 is 1.04 bits per heavy atom.